The first kappa shape index (κ1) is 22.6. The Balaban J connectivity index is 1.84. The van der Waals surface area contributed by atoms with Gasteiger partial charge in [-0.2, -0.15) is 0 Å². The van der Waals surface area contributed by atoms with Gasteiger partial charge in [0.2, 0.25) is 11.8 Å². The van der Waals surface area contributed by atoms with Gasteiger partial charge in [-0.3, -0.25) is 9.59 Å². The lowest BCUT2D eigenvalue weighted by Gasteiger charge is -2.23. The van der Waals surface area contributed by atoms with Crippen LogP contribution in [0.25, 0.3) is 0 Å². The van der Waals surface area contributed by atoms with Crippen molar-refractivity contribution in [3.05, 3.63) is 64.7 Å². The lowest BCUT2D eigenvalue weighted by atomic mass is 9.95. The molecule has 0 heterocycles. The van der Waals surface area contributed by atoms with Crippen molar-refractivity contribution in [3.63, 3.8) is 0 Å². The van der Waals surface area contributed by atoms with Gasteiger partial charge < -0.3 is 16.0 Å². The van der Waals surface area contributed by atoms with Gasteiger partial charge >= 0.3 is 0 Å². The second-order valence-corrected chi connectivity index (χ2v) is 7.77. The molecule has 0 aliphatic rings. The third-order valence-electron chi connectivity index (χ3n) is 5.22. The Labute approximate surface area is 174 Å². The van der Waals surface area contributed by atoms with Crippen LogP contribution in [0, 0.1) is 19.8 Å². The Kier molecular flexibility index (Phi) is 8.40. The third kappa shape index (κ3) is 6.71. The number of aryl methyl sites for hydroxylation is 2. The lowest BCUT2D eigenvalue weighted by molar-refractivity contribution is -0.123. The fourth-order valence-corrected chi connectivity index (χ4v) is 3.22. The van der Waals surface area contributed by atoms with Crippen molar-refractivity contribution in [1.29, 1.82) is 0 Å². The average Bonchev–Trinajstić information content (AvgIpc) is 2.70. The van der Waals surface area contributed by atoms with Crippen LogP contribution in [-0.2, 0) is 16.0 Å². The molecule has 2 amide bonds. The highest BCUT2D eigenvalue weighted by atomic mass is 16.2. The molecule has 29 heavy (non-hydrogen) atoms. The Morgan fingerprint density at radius 2 is 1.62 bits per heavy atom. The summed E-state index contributed by atoms with van der Waals surface area (Å²) in [5.41, 5.74) is 5.38. The highest BCUT2D eigenvalue weighted by molar-refractivity contribution is 5.95. The quantitative estimate of drug-likeness (QED) is 0.603. The van der Waals surface area contributed by atoms with Gasteiger partial charge in [-0.15, -0.1) is 0 Å². The van der Waals surface area contributed by atoms with Crippen LogP contribution in [0.2, 0.25) is 0 Å². The summed E-state index contributed by atoms with van der Waals surface area (Å²) >= 11 is 0. The van der Waals surface area contributed by atoms with E-state index < -0.39 is 0 Å². The average molecular weight is 396 g/mol. The molecule has 0 aliphatic carbocycles. The number of hydrogen-bond donors (Lipinski definition) is 3. The summed E-state index contributed by atoms with van der Waals surface area (Å²) in [4.78, 5) is 24.4. The zero-order valence-corrected chi connectivity index (χ0v) is 18.1. The SMILES string of the molecule is CCc1ccc([C@H](NCC(=O)NCC(=O)Nc2cccc(C)c2C)C(C)C)cc1. The number of carbonyl (C=O) groups excluding carboxylic acids is 2. The molecule has 0 aliphatic heterocycles. The van der Waals surface area contributed by atoms with E-state index in [0.29, 0.717) is 5.92 Å². The maximum absolute atomic E-state index is 12.2. The van der Waals surface area contributed by atoms with Crippen molar-refractivity contribution >= 4 is 17.5 Å². The molecule has 5 heteroatoms. The van der Waals surface area contributed by atoms with Crippen molar-refractivity contribution in [3.8, 4) is 0 Å². The number of rotatable bonds is 9. The zero-order chi connectivity index (χ0) is 21.4. The summed E-state index contributed by atoms with van der Waals surface area (Å²) in [6.07, 6.45) is 1.01. The first-order valence-corrected chi connectivity index (χ1v) is 10.3. The number of anilines is 1. The second kappa shape index (κ2) is 10.8. The number of amides is 2. The van der Waals surface area contributed by atoms with Gasteiger partial charge in [0.05, 0.1) is 13.1 Å². The molecule has 0 saturated carbocycles. The normalized spacial score (nSPS) is 11.9. The summed E-state index contributed by atoms with van der Waals surface area (Å²) in [6, 6.07) is 14.3. The molecule has 0 bridgehead atoms. The van der Waals surface area contributed by atoms with E-state index in [2.05, 4.69) is 61.0 Å². The highest BCUT2D eigenvalue weighted by Crippen LogP contribution is 2.22. The van der Waals surface area contributed by atoms with Crippen molar-refractivity contribution < 1.29 is 9.59 Å². The Morgan fingerprint density at radius 1 is 0.931 bits per heavy atom. The van der Waals surface area contributed by atoms with E-state index in [-0.39, 0.29) is 30.9 Å². The first-order valence-electron chi connectivity index (χ1n) is 10.3. The van der Waals surface area contributed by atoms with Crippen LogP contribution >= 0.6 is 0 Å². The highest BCUT2D eigenvalue weighted by Gasteiger charge is 2.17. The summed E-state index contributed by atoms with van der Waals surface area (Å²) in [6.45, 7) is 10.5. The monoisotopic (exact) mass is 395 g/mol. The molecule has 156 valence electrons. The summed E-state index contributed by atoms with van der Waals surface area (Å²) < 4.78 is 0. The summed E-state index contributed by atoms with van der Waals surface area (Å²) in [5.74, 6) is -0.0950. The van der Waals surface area contributed by atoms with Gasteiger partial charge in [0, 0.05) is 11.7 Å². The standard InChI is InChI=1S/C24H33N3O2/c1-6-19-10-12-20(13-11-19)24(16(2)3)26-14-22(28)25-15-23(29)27-21-9-7-8-17(4)18(21)5/h7-13,16,24,26H,6,14-15H2,1-5H3,(H,25,28)(H,27,29)/t24-/m1/s1. The third-order valence-corrected chi connectivity index (χ3v) is 5.22. The van der Waals surface area contributed by atoms with Crippen LogP contribution in [0.15, 0.2) is 42.5 Å². The van der Waals surface area contributed by atoms with Crippen molar-refractivity contribution in [2.75, 3.05) is 18.4 Å². The Morgan fingerprint density at radius 3 is 2.24 bits per heavy atom. The predicted octanol–water partition coefficient (Wildman–Crippen LogP) is 3.91. The number of nitrogens with one attached hydrogen (secondary N) is 3. The van der Waals surface area contributed by atoms with E-state index in [9.17, 15) is 9.59 Å². The van der Waals surface area contributed by atoms with E-state index in [1.54, 1.807) is 0 Å². The van der Waals surface area contributed by atoms with Gasteiger partial charge in [0.15, 0.2) is 0 Å². The van der Waals surface area contributed by atoms with Crippen LogP contribution in [-0.4, -0.2) is 24.9 Å². The lowest BCUT2D eigenvalue weighted by Crippen LogP contribution is -2.40. The molecule has 5 nitrogen and oxygen atoms in total. The van der Waals surface area contributed by atoms with Crippen molar-refractivity contribution in [2.45, 2.75) is 47.1 Å². The number of benzene rings is 2. The van der Waals surface area contributed by atoms with Crippen LogP contribution in [0.4, 0.5) is 5.69 Å². The van der Waals surface area contributed by atoms with E-state index in [1.165, 1.54) is 5.56 Å². The molecular formula is C24H33N3O2. The Hall–Kier alpha value is -2.66. The van der Waals surface area contributed by atoms with Gasteiger partial charge in [0.1, 0.15) is 0 Å². The fraction of sp³-hybridized carbons (Fsp3) is 0.417. The maximum atomic E-state index is 12.2. The molecule has 0 spiro atoms. The van der Waals surface area contributed by atoms with Crippen LogP contribution in [0.3, 0.4) is 0 Å². The molecule has 0 aromatic heterocycles. The van der Waals surface area contributed by atoms with E-state index >= 15 is 0 Å². The predicted molar refractivity (Wildman–Crippen MR) is 119 cm³/mol. The number of carbonyl (C=O) groups is 2. The minimum absolute atomic E-state index is 0.0502. The van der Waals surface area contributed by atoms with Crippen LogP contribution < -0.4 is 16.0 Å². The molecule has 0 radical (unpaired) electrons. The van der Waals surface area contributed by atoms with Gasteiger partial charge in [0.25, 0.3) is 0 Å². The molecule has 2 rings (SSSR count). The topological polar surface area (TPSA) is 70.2 Å². The van der Waals surface area contributed by atoms with Crippen molar-refractivity contribution in [1.82, 2.24) is 10.6 Å². The van der Waals surface area contributed by atoms with E-state index in [0.717, 1.165) is 28.8 Å². The van der Waals surface area contributed by atoms with Crippen LogP contribution in [0.1, 0.15) is 49.1 Å². The molecular weight excluding hydrogens is 362 g/mol. The minimum Gasteiger partial charge on any atom is -0.346 e. The largest absolute Gasteiger partial charge is 0.346 e. The van der Waals surface area contributed by atoms with Crippen molar-refractivity contribution in [2.24, 2.45) is 5.92 Å². The first-order chi connectivity index (χ1) is 13.8. The zero-order valence-electron chi connectivity index (χ0n) is 18.1. The summed E-state index contributed by atoms with van der Waals surface area (Å²) in [7, 11) is 0. The maximum Gasteiger partial charge on any atom is 0.243 e. The fourth-order valence-electron chi connectivity index (χ4n) is 3.22. The molecule has 2 aromatic rings. The second-order valence-electron chi connectivity index (χ2n) is 7.77. The molecule has 0 saturated heterocycles. The Bertz CT molecular complexity index is 829. The van der Waals surface area contributed by atoms with Gasteiger partial charge in [-0.25, -0.2) is 0 Å². The van der Waals surface area contributed by atoms with Crippen LogP contribution in [0.5, 0.6) is 0 Å². The molecule has 0 unspecified atom stereocenters. The molecule has 0 fully saturated rings. The van der Waals surface area contributed by atoms with Gasteiger partial charge in [-0.1, -0.05) is 57.2 Å². The molecule has 1 atom stereocenters. The molecule has 3 N–H and O–H groups in total. The van der Waals surface area contributed by atoms with Gasteiger partial charge in [-0.05, 0) is 54.5 Å². The summed E-state index contributed by atoms with van der Waals surface area (Å²) in [5, 5.41) is 8.86. The number of hydrogen-bond acceptors (Lipinski definition) is 3. The van der Waals surface area contributed by atoms with E-state index in [1.807, 2.05) is 32.0 Å². The molecule has 2 aromatic carbocycles. The minimum atomic E-state index is -0.234. The smallest absolute Gasteiger partial charge is 0.243 e. The van der Waals surface area contributed by atoms with E-state index in [4.69, 9.17) is 0 Å².